The number of H-pyrrole nitrogens is 1. The zero-order valence-corrected chi connectivity index (χ0v) is 8.18. The van der Waals surface area contributed by atoms with Gasteiger partial charge in [0, 0.05) is 0 Å². The molecule has 1 N–H and O–H groups in total. The maximum absolute atomic E-state index is 3.79. The van der Waals surface area contributed by atoms with Gasteiger partial charge in [-0.2, -0.15) is 0 Å². The van der Waals surface area contributed by atoms with Crippen molar-refractivity contribution in [2.75, 3.05) is 0 Å². The van der Waals surface area contributed by atoms with E-state index in [1.165, 1.54) is 10.4 Å². The first-order valence-corrected chi connectivity index (χ1v) is 4.54. The first-order valence-electron chi connectivity index (χ1n) is 4.54. The standard InChI is InChI=1S/C9H11N5/c1-7(2)8-4-3-5-9(6-8)14-12-10-11-13-14/h3-7H,1-2H3/p+1. The number of hydrogen-bond acceptors (Lipinski definition) is 3. The summed E-state index contributed by atoms with van der Waals surface area (Å²) < 4.78 is 0. The molecule has 5 nitrogen and oxygen atoms in total. The van der Waals surface area contributed by atoms with Gasteiger partial charge in [-0.05, 0) is 33.6 Å². The highest BCUT2D eigenvalue weighted by atomic mass is 15.7. The van der Waals surface area contributed by atoms with Crippen molar-refractivity contribution in [3.63, 3.8) is 0 Å². The molecule has 0 aliphatic rings. The highest BCUT2D eigenvalue weighted by Gasteiger charge is 2.07. The number of hydrogen-bond donors (Lipinski definition) is 1. The van der Waals surface area contributed by atoms with Crippen LogP contribution in [0.5, 0.6) is 0 Å². The Bertz CT molecular complexity index is 407. The number of nitrogens with one attached hydrogen (secondary N) is 1. The summed E-state index contributed by atoms with van der Waals surface area (Å²) in [7, 11) is 0. The molecule has 0 atom stereocenters. The maximum atomic E-state index is 3.79. The first-order chi connectivity index (χ1) is 6.77. The summed E-state index contributed by atoms with van der Waals surface area (Å²) in [5, 5.41) is 13.5. The summed E-state index contributed by atoms with van der Waals surface area (Å²) in [5.74, 6) is 0.506. The molecule has 0 spiro atoms. The monoisotopic (exact) mass is 190 g/mol. The van der Waals surface area contributed by atoms with E-state index in [1.54, 1.807) is 0 Å². The van der Waals surface area contributed by atoms with Crippen LogP contribution >= 0.6 is 0 Å². The lowest BCUT2D eigenvalue weighted by atomic mass is 10.0. The number of aromatic amines is 1. The van der Waals surface area contributed by atoms with Crippen LogP contribution in [-0.2, 0) is 0 Å². The number of aromatic nitrogens is 5. The molecule has 0 aliphatic carbocycles. The SMILES string of the molecule is CC(C)c1cccc(-[n+]2nnn[nH]2)c1. The molecule has 72 valence electrons. The minimum absolute atomic E-state index is 0.506. The molecule has 0 aliphatic heterocycles. The smallest absolute Gasteiger partial charge is 0.0587 e. The minimum atomic E-state index is 0.506. The molecular formula is C9H12N5+. The molecule has 1 aromatic carbocycles. The molecule has 1 heterocycles. The van der Waals surface area contributed by atoms with Gasteiger partial charge in [-0.1, -0.05) is 26.0 Å². The summed E-state index contributed by atoms with van der Waals surface area (Å²) in [6.45, 7) is 4.31. The van der Waals surface area contributed by atoms with Crippen molar-refractivity contribution in [2.45, 2.75) is 19.8 Å². The molecule has 0 fully saturated rings. The van der Waals surface area contributed by atoms with Gasteiger partial charge in [-0.15, -0.1) is 0 Å². The molecule has 0 amide bonds. The Labute approximate surface area is 81.7 Å². The molecular weight excluding hydrogens is 178 g/mol. The summed E-state index contributed by atoms with van der Waals surface area (Å²) in [5.41, 5.74) is 2.22. The first kappa shape index (κ1) is 8.80. The second-order valence-electron chi connectivity index (χ2n) is 3.44. The molecule has 0 bridgehead atoms. The fraction of sp³-hybridized carbons (Fsp3) is 0.333. The molecule has 0 radical (unpaired) electrons. The zero-order chi connectivity index (χ0) is 9.97. The van der Waals surface area contributed by atoms with Crippen LogP contribution < -0.4 is 4.80 Å². The summed E-state index contributed by atoms with van der Waals surface area (Å²) >= 11 is 0. The van der Waals surface area contributed by atoms with Crippen LogP contribution in [0.4, 0.5) is 0 Å². The number of benzene rings is 1. The molecule has 2 rings (SSSR count). The van der Waals surface area contributed by atoms with Crippen LogP contribution in [0.3, 0.4) is 0 Å². The normalized spacial score (nSPS) is 10.8. The van der Waals surface area contributed by atoms with Crippen molar-refractivity contribution >= 4 is 0 Å². The summed E-state index contributed by atoms with van der Waals surface area (Å²) in [4.78, 5) is 1.53. The van der Waals surface area contributed by atoms with E-state index in [4.69, 9.17) is 0 Å². The zero-order valence-electron chi connectivity index (χ0n) is 8.18. The van der Waals surface area contributed by atoms with Gasteiger partial charge in [-0.3, -0.25) is 0 Å². The Morgan fingerprint density at radius 1 is 1.36 bits per heavy atom. The second kappa shape index (κ2) is 3.53. The molecule has 0 saturated heterocycles. The predicted molar refractivity (Wildman–Crippen MR) is 49.8 cm³/mol. The van der Waals surface area contributed by atoms with E-state index in [0.717, 1.165) is 5.69 Å². The van der Waals surface area contributed by atoms with Crippen LogP contribution in [0.2, 0.25) is 0 Å². The third-order valence-corrected chi connectivity index (χ3v) is 2.10. The molecule has 0 unspecified atom stereocenters. The van der Waals surface area contributed by atoms with Crippen molar-refractivity contribution in [1.29, 1.82) is 0 Å². The average Bonchev–Trinajstić information content (AvgIpc) is 2.71. The maximum Gasteiger partial charge on any atom is 0.231 e. The highest BCUT2D eigenvalue weighted by Crippen LogP contribution is 2.14. The Morgan fingerprint density at radius 2 is 2.21 bits per heavy atom. The fourth-order valence-electron chi connectivity index (χ4n) is 1.27. The molecule has 14 heavy (non-hydrogen) atoms. The van der Waals surface area contributed by atoms with Gasteiger partial charge in [0.15, 0.2) is 5.69 Å². The van der Waals surface area contributed by atoms with E-state index in [0.29, 0.717) is 5.92 Å². The Hall–Kier alpha value is -1.78. The van der Waals surface area contributed by atoms with Gasteiger partial charge >= 0.3 is 0 Å². The van der Waals surface area contributed by atoms with Crippen molar-refractivity contribution in [3.05, 3.63) is 29.8 Å². The van der Waals surface area contributed by atoms with Crippen LogP contribution in [0.15, 0.2) is 24.3 Å². The minimum Gasteiger partial charge on any atom is -0.0587 e. The number of rotatable bonds is 2. The number of nitrogens with zero attached hydrogens (tertiary/aromatic N) is 4. The third-order valence-electron chi connectivity index (χ3n) is 2.10. The van der Waals surface area contributed by atoms with Gasteiger partial charge in [0.1, 0.15) is 5.21 Å². The van der Waals surface area contributed by atoms with Crippen molar-refractivity contribution < 1.29 is 4.80 Å². The largest absolute Gasteiger partial charge is 0.231 e. The lowest BCUT2D eigenvalue weighted by Gasteiger charge is -2.04. The fourth-order valence-corrected chi connectivity index (χ4v) is 1.27. The van der Waals surface area contributed by atoms with E-state index < -0.39 is 0 Å². The van der Waals surface area contributed by atoms with Crippen molar-refractivity contribution in [1.82, 2.24) is 20.9 Å². The van der Waals surface area contributed by atoms with Crippen LogP contribution in [0.25, 0.3) is 5.69 Å². The van der Waals surface area contributed by atoms with Gasteiger partial charge in [0.05, 0.1) is 0 Å². The van der Waals surface area contributed by atoms with Crippen LogP contribution in [0.1, 0.15) is 25.3 Å². The Balaban J connectivity index is 2.41. The van der Waals surface area contributed by atoms with Crippen LogP contribution in [0, 0.1) is 0 Å². The molecule has 1 aromatic heterocycles. The van der Waals surface area contributed by atoms with E-state index in [2.05, 4.69) is 46.8 Å². The molecule has 2 aromatic rings. The van der Waals surface area contributed by atoms with Crippen molar-refractivity contribution in [3.8, 4) is 5.69 Å². The van der Waals surface area contributed by atoms with E-state index in [1.807, 2.05) is 12.1 Å². The summed E-state index contributed by atoms with van der Waals surface area (Å²) in [6.07, 6.45) is 0. The van der Waals surface area contributed by atoms with Gasteiger partial charge in [-0.25, -0.2) is 0 Å². The van der Waals surface area contributed by atoms with E-state index in [9.17, 15) is 0 Å². The van der Waals surface area contributed by atoms with Crippen LogP contribution in [-0.4, -0.2) is 20.9 Å². The lowest BCUT2D eigenvalue weighted by molar-refractivity contribution is -0.719. The third kappa shape index (κ3) is 1.61. The topological polar surface area (TPSA) is 58.3 Å². The van der Waals surface area contributed by atoms with Gasteiger partial charge in [0.25, 0.3) is 0 Å². The van der Waals surface area contributed by atoms with E-state index >= 15 is 0 Å². The highest BCUT2D eigenvalue weighted by molar-refractivity contribution is 5.29. The lowest BCUT2D eigenvalue weighted by Crippen LogP contribution is -2.36. The van der Waals surface area contributed by atoms with Gasteiger partial charge in [0.2, 0.25) is 10.4 Å². The second-order valence-corrected chi connectivity index (χ2v) is 3.44. The summed E-state index contributed by atoms with van der Waals surface area (Å²) in [6, 6.07) is 8.12. The van der Waals surface area contributed by atoms with Crippen molar-refractivity contribution in [2.24, 2.45) is 0 Å². The Morgan fingerprint density at radius 3 is 2.86 bits per heavy atom. The van der Waals surface area contributed by atoms with E-state index in [-0.39, 0.29) is 0 Å². The Kier molecular flexibility index (Phi) is 2.22. The molecule has 0 saturated carbocycles. The average molecular weight is 190 g/mol. The molecule has 5 heteroatoms. The predicted octanol–water partition coefficient (Wildman–Crippen LogP) is 0.600. The quantitative estimate of drug-likeness (QED) is 0.705. The van der Waals surface area contributed by atoms with Gasteiger partial charge < -0.3 is 0 Å².